The summed E-state index contributed by atoms with van der Waals surface area (Å²) in [7, 11) is 0. The minimum Gasteiger partial charge on any atom is -0.207 e. The van der Waals surface area contributed by atoms with E-state index < -0.39 is 0 Å². The molecule has 0 unspecified atom stereocenters. The van der Waals surface area contributed by atoms with Crippen molar-refractivity contribution in [1.29, 1.82) is 0 Å². The van der Waals surface area contributed by atoms with Gasteiger partial charge in [-0.25, -0.2) is 4.39 Å². The van der Waals surface area contributed by atoms with Crippen molar-refractivity contribution in [2.45, 2.75) is 31.1 Å². The van der Waals surface area contributed by atoms with Crippen molar-refractivity contribution in [2.24, 2.45) is 0 Å². The number of hydrogen-bond donors (Lipinski definition) is 0. The SMILES string of the molecule is Fc1ccc(C2(CCl)CCCC2)cc1. The van der Waals surface area contributed by atoms with Crippen molar-refractivity contribution >= 4 is 11.6 Å². The van der Waals surface area contributed by atoms with Crippen LogP contribution in [0.25, 0.3) is 0 Å². The van der Waals surface area contributed by atoms with Crippen LogP contribution in [0.15, 0.2) is 24.3 Å². The van der Waals surface area contributed by atoms with Gasteiger partial charge < -0.3 is 0 Å². The van der Waals surface area contributed by atoms with E-state index >= 15 is 0 Å². The molecule has 14 heavy (non-hydrogen) atoms. The smallest absolute Gasteiger partial charge is 0.123 e. The minimum atomic E-state index is -0.170. The number of benzene rings is 1. The van der Waals surface area contributed by atoms with Crippen LogP contribution in [0.3, 0.4) is 0 Å². The van der Waals surface area contributed by atoms with E-state index in [9.17, 15) is 4.39 Å². The van der Waals surface area contributed by atoms with Crippen LogP contribution in [0.1, 0.15) is 31.2 Å². The maximum atomic E-state index is 12.8. The average Bonchev–Trinajstić information content (AvgIpc) is 2.68. The van der Waals surface area contributed by atoms with Gasteiger partial charge in [0, 0.05) is 11.3 Å². The third-order valence-corrected chi connectivity index (χ3v) is 3.78. The molecule has 1 aromatic rings. The summed E-state index contributed by atoms with van der Waals surface area (Å²) >= 11 is 6.05. The number of hydrogen-bond acceptors (Lipinski definition) is 0. The predicted octanol–water partition coefficient (Wildman–Crippen LogP) is 3.88. The van der Waals surface area contributed by atoms with E-state index in [0.29, 0.717) is 5.88 Å². The molecule has 0 spiro atoms. The maximum absolute atomic E-state index is 12.8. The first-order valence-corrected chi connectivity index (χ1v) is 5.62. The molecule has 0 nitrogen and oxygen atoms in total. The molecule has 0 atom stereocenters. The Kier molecular flexibility index (Phi) is 2.78. The van der Waals surface area contributed by atoms with Gasteiger partial charge in [-0.15, -0.1) is 11.6 Å². The molecule has 0 saturated heterocycles. The van der Waals surface area contributed by atoms with E-state index in [1.165, 1.54) is 30.5 Å². The highest BCUT2D eigenvalue weighted by molar-refractivity contribution is 6.18. The molecule has 0 amide bonds. The quantitative estimate of drug-likeness (QED) is 0.653. The largest absolute Gasteiger partial charge is 0.207 e. The molecule has 0 aliphatic heterocycles. The van der Waals surface area contributed by atoms with Crippen LogP contribution in [0.5, 0.6) is 0 Å². The van der Waals surface area contributed by atoms with Crippen LogP contribution in [-0.4, -0.2) is 5.88 Å². The molecule has 1 saturated carbocycles. The Morgan fingerprint density at radius 1 is 1.14 bits per heavy atom. The molecule has 0 aromatic heterocycles. The number of alkyl halides is 1. The summed E-state index contributed by atoms with van der Waals surface area (Å²) in [5.41, 5.74) is 1.32. The number of halogens is 2. The summed E-state index contributed by atoms with van der Waals surface area (Å²) in [6, 6.07) is 6.82. The van der Waals surface area contributed by atoms with Crippen molar-refractivity contribution in [3.05, 3.63) is 35.6 Å². The zero-order valence-corrected chi connectivity index (χ0v) is 8.86. The third kappa shape index (κ3) is 1.66. The minimum absolute atomic E-state index is 0.120. The fourth-order valence-electron chi connectivity index (χ4n) is 2.35. The van der Waals surface area contributed by atoms with Crippen LogP contribution in [0, 0.1) is 5.82 Å². The molecule has 1 aromatic carbocycles. The molecule has 1 fully saturated rings. The molecule has 2 rings (SSSR count). The zero-order valence-electron chi connectivity index (χ0n) is 8.10. The van der Waals surface area contributed by atoms with E-state index in [1.54, 1.807) is 0 Å². The first-order chi connectivity index (χ1) is 6.77. The van der Waals surface area contributed by atoms with Crippen LogP contribution in [0.2, 0.25) is 0 Å². The van der Waals surface area contributed by atoms with E-state index in [4.69, 9.17) is 11.6 Å². The average molecular weight is 213 g/mol. The molecule has 0 heterocycles. The summed E-state index contributed by atoms with van der Waals surface area (Å²) in [5, 5.41) is 0. The highest BCUT2D eigenvalue weighted by Gasteiger charge is 2.34. The van der Waals surface area contributed by atoms with Gasteiger partial charge in [-0.3, -0.25) is 0 Å². The highest BCUT2D eigenvalue weighted by atomic mass is 35.5. The second-order valence-electron chi connectivity index (χ2n) is 4.13. The number of rotatable bonds is 2. The lowest BCUT2D eigenvalue weighted by atomic mass is 9.81. The third-order valence-electron chi connectivity index (χ3n) is 3.27. The molecule has 2 heteroatoms. The van der Waals surface area contributed by atoms with E-state index in [1.807, 2.05) is 12.1 Å². The second-order valence-corrected chi connectivity index (χ2v) is 4.40. The second kappa shape index (κ2) is 3.90. The fourth-order valence-corrected chi connectivity index (χ4v) is 2.78. The fraction of sp³-hybridized carbons (Fsp3) is 0.500. The van der Waals surface area contributed by atoms with Crippen LogP contribution in [0.4, 0.5) is 4.39 Å². The molecule has 1 aliphatic rings. The van der Waals surface area contributed by atoms with Gasteiger partial charge in [0.05, 0.1) is 0 Å². The van der Waals surface area contributed by atoms with E-state index in [2.05, 4.69) is 0 Å². The standard InChI is InChI=1S/C12H14ClF/c13-9-12(7-1-2-8-12)10-3-5-11(14)6-4-10/h3-6H,1-2,7-9H2. The van der Waals surface area contributed by atoms with Gasteiger partial charge in [-0.1, -0.05) is 25.0 Å². The van der Waals surface area contributed by atoms with Crippen LogP contribution in [-0.2, 0) is 5.41 Å². The lowest BCUT2D eigenvalue weighted by Gasteiger charge is -2.26. The Hall–Kier alpha value is -0.560. The molecule has 1 aliphatic carbocycles. The van der Waals surface area contributed by atoms with Crippen molar-refractivity contribution < 1.29 is 4.39 Å². The lowest BCUT2D eigenvalue weighted by molar-refractivity contribution is 0.496. The first kappa shape index (κ1) is 9.97. The zero-order chi connectivity index (χ0) is 10.0. The van der Waals surface area contributed by atoms with Gasteiger partial charge >= 0.3 is 0 Å². The van der Waals surface area contributed by atoms with Gasteiger partial charge in [0.25, 0.3) is 0 Å². The van der Waals surface area contributed by atoms with Crippen molar-refractivity contribution in [1.82, 2.24) is 0 Å². The molecule has 0 N–H and O–H groups in total. The van der Waals surface area contributed by atoms with E-state index in [0.717, 1.165) is 12.8 Å². The first-order valence-electron chi connectivity index (χ1n) is 5.09. The normalized spacial score (nSPS) is 19.9. The van der Waals surface area contributed by atoms with Gasteiger partial charge in [0.1, 0.15) is 5.82 Å². The van der Waals surface area contributed by atoms with Gasteiger partial charge in [-0.2, -0.15) is 0 Å². The van der Waals surface area contributed by atoms with Crippen LogP contribution < -0.4 is 0 Å². The maximum Gasteiger partial charge on any atom is 0.123 e. The van der Waals surface area contributed by atoms with E-state index in [-0.39, 0.29) is 11.2 Å². The Balaban J connectivity index is 2.31. The van der Waals surface area contributed by atoms with Gasteiger partial charge in [-0.05, 0) is 30.5 Å². The van der Waals surface area contributed by atoms with Gasteiger partial charge in [0.15, 0.2) is 0 Å². The summed E-state index contributed by atoms with van der Waals surface area (Å²) in [6.07, 6.45) is 4.76. The van der Waals surface area contributed by atoms with Crippen LogP contribution >= 0.6 is 11.6 Å². The van der Waals surface area contributed by atoms with Gasteiger partial charge in [0.2, 0.25) is 0 Å². The topological polar surface area (TPSA) is 0 Å². The summed E-state index contributed by atoms with van der Waals surface area (Å²) < 4.78 is 12.8. The Bertz CT molecular complexity index is 299. The van der Waals surface area contributed by atoms with Crippen molar-refractivity contribution in [3.63, 3.8) is 0 Å². The molecule has 0 radical (unpaired) electrons. The molecule has 76 valence electrons. The van der Waals surface area contributed by atoms with Crippen molar-refractivity contribution in [3.8, 4) is 0 Å². The highest BCUT2D eigenvalue weighted by Crippen LogP contribution is 2.41. The summed E-state index contributed by atoms with van der Waals surface area (Å²) in [4.78, 5) is 0. The monoisotopic (exact) mass is 212 g/mol. The Labute approximate surface area is 89.1 Å². The molecular weight excluding hydrogens is 199 g/mol. The molecule has 0 bridgehead atoms. The Morgan fingerprint density at radius 3 is 2.21 bits per heavy atom. The summed E-state index contributed by atoms with van der Waals surface area (Å²) in [6.45, 7) is 0. The Morgan fingerprint density at radius 2 is 1.71 bits per heavy atom. The van der Waals surface area contributed by atoms with Crippen molar-refractivity contribution in [2.75, 3.05) is 5.88 Å². The molecular formula is C12H14ClF. The predicted molar refractivity (Wildman–Crippen MR) is 57.3 cm³/mol. The summed E-state index contributed by atoms with van der Waals surface area (Å²) in [5.74, 6) is 0.481. The lowest BCUT2D eigenvalue weighted by Crippen LogP contribution is -2.23.